The summed E-state index contributed by atoms with van der Waals surface area (Å²) >= 11 is 0. The van der Waals surface area contributed by atoms with Crippen LogP contribution in [0.15, 0.2) is 29.2 Å². The number of amides is 3. The molecule has 1 aromatic carbocycles. The van der Waals surface area contributed by atoms with Crippen LogP contribution in [-0.2, 0) is 14.6 Å². The maximum atomic E-state index is 11.6. The predicted octanol–water partition coefficient (Wildman–Crippen LogP) is 0.346. The molecule has 0 aliphatic rings. The van der Waals surface area contributed by atoms with E-state index in [-0.39, 0.29) is 4.90 Å². The van der Waals surface area contributed by atoms with Gasteiger partial charge in [0.2, 0.25) is 5.91 Å². The van der Waals surface area contributed by atoms with Gasteiger partial charge in [0.25, 0.3) is 0 Å². The van der Waals surface area contributed by atoms with E-state index in [4.69, 9.17) is 0 Å². The fraction of sp³-hybridized carbons (Fsp3) is 0.333. The maximum Gasteiger partial charge on any atom is 0.321 e. The maximum absolute atomic E-state index is 11.6. The molecule has 0 radical (unpaired) electrons. The van der Waals surface area contributed by atoms with Crippen LogP contribution in [-0.4, -0.2) is 39.7 Å². The van der Waals surface area contributed by atoms with E-state index in [0.29, 0.717) is 5.69 Å². The molecule has 1 rings (SSSR count). The molecule has 0 fully saturated rings. The monoisotopic (exact) mass is 299 g/mol. The van der Waals surface area contributed by atoms with Gasteiger partial charge in [-0.2, -0.15) is 0 Å². The van der Waals surface area contributed by atoms with Gasteiger partial charge in [-0.15, -0.1) is 0 Å². The van der Waals surface area contributed by atoms with Crippen molar-refractivity contribution in [1.82, 2.24) is 10.6 Å². The van der Waals surface area contributed by atoms with E-state index >= 15 is 0 Å². The fourth-order valence-corrected chi connectivity index (χ4v) is 2.03. The van der Waals surface area contributed by atoms with Gasteiger partial charge in [-0.25, -0.2) is 13.2 Å². The second kappa shape index (κ2) is 6.38. The van der Waals surface area contributed by atoms with Crippen LogP contribution in [0.1, 0.15) is 6.92 Å². The van der Waals surface area contributed by atoms with E-state index in [1.54, 1.807) is 19.1 Å². The van der Waals surface area contributed by atoms with Crippen molar-refractivity contribution >= 4 is 27.5 Å². The topological polar surface area (TPSA) is 104 Å². The Labute approximate surface area is 117 Å². The summed E-state index contributed by atoms with van der Waals surface area (Å²) < 4.78 is 22.6. The van der Waals surface area contributed by atoms with Gasteiger partial charge in [-0.1, -0.05) is 0 Å². The number of sulfone groups is 1. The molecule has 1 unspecified atom stereocenters. The zero-order valence-corrected chi connectivity index (χ0v) is 12.2. The molecule has 3 N–H and O–H groups in total. The largest absolute Gasteiger partial charge is 0.374 e. The molecule has 20 heavy (non-hydrogen) atoms. The molecule has 0 spiro atoms. The Morgan fingerprint density at radius 2 is 1.70 bits per heavy atom. The average molecular weight is 299 g/mol. The number of nitrogens with one attached hydrogen (secondary N) is 3. The minimum absolute atomic E-state index is 0.200. The molecule has 0 bridgehead atoms. The number of carbonyl (C=O) groups excluding carboxylic acids is 2. The average Bonchev–Trinajstić information content (AvgIpc) is 2.38. The first-order valence-corrected chi connectivity index (χ1v) is 7.72. The SMILES string of the molecule is CNC(=O)NC(=O)C(C)Nc1ccc(S(C)(=O)=O)cc1. The van der Waals surface area contributed by atoms with Crippen molar-refractivity contribution in [1.29, 1.82) is 0 Å². The van der Waals surface area contributed by atoms with Crippen molar-refractivity contribution < 1.29 is 18.0 Å². The number of hydrogen-bond acceptors (Lipinski definition) is 5. The van der Waals surface area contributed by atoms with Crippen LogP contribution in [0.4, 0.5) is 10.5 Å². The zero-order chi connectivity index (χ0) is 15.3. The first-order chi connectivity index (χ1) is 9.24. The van der Waals surface area contributed by atoms with E-state index in [9.17, 15) is 18.0 Å². The van der Waals surface area contributed by atoms with E-state index < -0.39 is 27.8 Å². The van der Waals surface area contributed by atoms with Crippen molar-refractivity contribution in [3.63, 3.8) is 0 Å². The Bertz CT molecular complexity index is 596. The van der Waals surface area contributed by atoms with Gasteiger partial charge in [0.15, 0.2) is 9.84 Å². The summed E-state index contributed by atoms with van der Waals surface area (Å²) in [5, 5.41) is 7.27. The molecule has 0 saturated heterocycles. The molecular formula is C12H17N3O4S. The lowest BCUT2D eigenvalue weighted by Crippen LogP contribution is -2.44. The molecule has 1 atom stereocenters. The van der Waals surface area contributed by atoms with Gasteiger partial charge in [0.05, 0.1) is 4.90 Å². The Balaban J connectivity index is 2.69. The molecule has 0 aromatic heterocycles. The van der Waals surface area contributed by atoms with Crippen molar-refractivity contribution in [3.8, 4) is 0 Å². The first kappa shape index (κ1) is 16.0. The Kier molecular flexibility index (Phi) is 5.09. The lowest BCUT2D eigenvalue weighted by Gasteiger charge is -2.14. The van der Waals surface area contributed by atoms with Gasteiger partial charge in [0, 0.05) is 19.0 Å². The van der Waals surface area contributed by atoms with Crippen LogP contribution >= 0.6 is 0 Å². The first-order valence-electron chi connectivity index (χ1n) is 5.83. The molecule has 1 aromatic rings. The van der Waals surface area contributed by atoms with Gasteiger partial charge in [-0.3, -0.25) is 10.1 Å². The quantitative estimate of drug-likeness (QED) is 0.744. The highest BCUT2D eigenvalue weighted by Gasteiger charge is 2.15. The van der Waals surface area contributed by atoms with Crippen LogP contribution < -0.4 is 16.0 Å². The minimum atomic E-state index is -3.24. The third kappa shape index (κ3) is 4.54. The summed E-state index contributed by atoms with van der Waals surface area (Å²) in [6, 6.07) is 4.77. The fourth-order valence-electron chi connectivity index (χ4n) is 1.40. The third-order valence-electron chi connectivity index (χ3n) is 2.52. The van der Waals surface area contributed by atoms with Crippen molar-refractivity contribution in [2.24, 2.45) is 0 Å². The van der Waals surface area contributed by atoms with Crippen molar-refractivity contribution in [2.45, 2.75) is 17.9 Å². The predicted molar refractivity (Wildman–Crippen MR) is 75.2 cm³/mol. The molecule has 0 aliphatic carbocycles. The standard InChI is InChI=1S/C12H17N3O4S/c1-8(11(16)15-12(17)13-2)14-9-4-6-10(7-5-9)20(3,18)19/h4-8,14H,1-3H3,(H2,13,15,16,17). The van der Waals surface area contributed by atoms with E-state index in [1.807, 2.05) is 0 Å². The second-order valence-electron chi connectivity index (χ2n) is 4.23. The number of imide groups is 1. The third-order valence-corrected chi connectivity index (χ3v) is 3.65. The summed E-state index contributed by atoms with van der Waals surface area (Å²) in [5.74, 6) is -0.489. The number of rotatable bonds is 4. The number of benzene rings is 1. The molecule has 0 saturated carbocycles. The van der Waals surface area contributed by atoms with Crippen LogP contribution in [0.2, 0.25) is 0 Å². The van der Waals surface area contributed by atoms with Crippen LogP contribution in [0.3, 0.4) is 0 Å². The van der Waals surface area contributed by atoms with Crippen molar-refractivity contribution in [2.75, 3.05) is 18.6 Å². The van der Waals surface area contributed by atoms with E-state index in [0.717, 1.165) is 6.26 Å². The number of anilines is 1. The number of hydrogen-bond donors (Lipinski definition) is 3. The summed E-state index contributed by atoms with van der Waals surface area (Å²) in [6.07, 6.45) is 1.12. The lowest BCUT2D eigenvalue weighted by molar-refractivity contribution is -0.120. The normalized spacial score (nSPS) is 12.3. The highest BCUT2D eigenvalue weighted by atomic mass is 32.2. The summed E-state index contributed by atoms with van der Waals surface area (Å²) in [4.78, 5) is 22.8. The lowest BCUT2D eigenvalue weighted by atomic mass is 10.2. The number of carbonyl (C=O) groups is 2. The molecule has 3 amide bonds. The van der Waals surface area contributed by atoms with Crippen molar-refractivity contribution in [3.05, 3.63) is 24.3 Å². The zero-order valence-electron chi connectivity index (χ0n) is 11.4. The molecule has 8 heteroatoms. The minimum Gasteiger partial charge on any atom is -0.374 e. The molecule has 7 nitrogen and oxygen atoms in total. The van der Waals surface area contributed by atoms with E-state index in [2.05, 4.69) is 16.0 Å². The Hall–Kier alpha value is -2.09. The van der Waals surface area contributed by atoms with Crippen LogP contribution in [0, 0.1) is 0 Å². The highest BCUT2D eigenvalue weighted by molar-refractivity contribution is 7.90. The molecular weight excluding hydrogens is 282 g/mol. The second-order valence-corrected chi connectivity index (χ2v) is 6.25. The summed E-state index contributed by atoms with van der Waals surface area (Å²) in [7, 11) is -1.84. The highest BCUT2D eigenvalue weighted by Crippen LogP contribution is 2.14. The van der Waals surface area contributed by atoms with E-state index in [1.165, 1.54) is 19.2 Å². The molecule has 110 valence electrons. The number of urea groups is 1. The smallest absolute Gasteiger partial charge is 0.321 e. The summed E-state index contributed by atoms with van der Waals surface area (Å²) in [6.45, 7) is 1.59. The van der Waals surface area contributed by atoms with Gasteiger partial charge in [0.1, 0.15) is 6.04 Å². The van der Waals surface area contributed by atoms with Crippen LogP contribution in [0.5, 0.6) is 0 Å². The molecule has 0 aliphatic heterocycles. The Morgan fingerprint density at radius 3 is 2.15 bits per heavy atom. The van der Waals surface area contributed by atoms with Gasteiger partial charge < -0.3 is 10.6 Å². The Morgan fingerprint density at radius 1 is 1.15 bits per heavy atom. The van der Waals surface area contributed by atoms with Crippen LogP contribution in [0.25, 0.3) is 0 Å². The summed E-state index contributed by atoms with van der Waals surface area (Å²) in [5.41, 5.74) is 0.581. The molecule has 0 heterocycles. The van der Waals surface area contributed by atoms with Gasteiger partial charge >= 0.3 is 6.03 Å². The van der Waals surface area contributed by atoms with Gasteiger partial charge in [-0.05, 0) is 31.2 Å².